The fraction of sp³-hybridized carbons (Fsp3) is 0.0667. The maximum absolute atomic E-state index is 13.1. The second kappa shape index (κ2) is 6.09. The van der Waals surface area contributed by atoms with E-state index in [1.165, 1.54) is 12.1 Å². The lowest BCUT2D eigenvalue weighted by molar-refractivity contribution is 0.629. The first-order valence-corrected chi connectivity index (χ1v) is 5.86. The highest BCUT2D eigenvalue weighted by atomic mass is 35.5. The van der Waals surface area contributed by atoms with Crippen molar-refractivity contribution in [3.8, 4) is 11.8 Å². The summed E-state index contributed by atoms with van der Waals surface area (Å²) in [6.07, 6.45) is 0. The van der Waals surface area contributed by atoms with E-state index in [9.17, 15) is 4.39 Å². The predicted octanol–water partition coefficient (Wildman–Crippen LogP) is 3.94. The highest BCUT2D eigenvalue weighted by molar-refractivity contribution is 6.30. The highest BCUT2D eigenvalue weighted by Crippen LogP contribution is 2.18. The van der Waals surface area contributed by atoms with Crippen LogP contribution >= 0.6 is 11.6 Å². The zero-order chi connectivity index (χ0) is 12.8. The van der Waals surface area contributed by atoms with Crippen molar-refractivity contribution in [1.82, 2.24) is 0 Å². The molecule has 0 saturated carbocycles. The number of hydrogen-bond acceptors (Lipinski definition) is 1. The Morgan fingerprint density at radius 3 is 2.61 bits per heavy atom. The van der Waals surface area contributed by atoms with Gasteiger partial charge in [0.2, 0.25) is 0 Å². The van der Waals surface area contributed by atoms with Crippen LogP contribution < -0.4 is 5.32 Å². The van der Waals surface area contributed by atoms with Crippen molar-refractivity contribution < 1.29 is 4.39 Å². The van der Waals surface area contributed by atoms with E-state index < -0.39 is 5.82 Å². The molecule has 0 unspecified atom stereocenters. The molecule has 0 aromatic heterocycles. The molecule has 0 fully saturated rings. The van der Waals surface area contributed by atoms with Gasteiger partial charge in [-0.05, 0) is 30.3 Å². The predicted molar refractivity (Wildman–Crippen MR) is 73.2 cm³/mol. The molecule has 2 aromatic carbocycles. The van der Waals surface area contributed by atoms with Gasteiger partial charge in [0.1, 0.15) is 5.82 Å². The molecule has 0 atom stereocenters. The van der Waals surface area contributed by atoms with Crippen LogP contribution in [0.2, 0.25) is 5.02 Å². The van der Waals surface area contributed by atoms with E-state index >= 15 is 0 Å². The molecule has 2 rings (SSSR count). The van der Waals surface area contributed by atoms with Gasteiger partial charge in [0.25, 0.3) is 0 Å². The van der Waals surface area contributed by atoms with Gasteiger partial charge in [0.05, 0.1) is 11.6 Å². The Bertz CT molecular complexity index is 584. The second-order valence-electron chi connectivity index (χ2n) is 3.65. The van der Waals surface area contributed by atoms with E-state index in [1.54, 1.807) is 6.07 Å². The Kier molecular flexibility index (Phi) is 4.22. The minimum absolute atomic E-state index is 0.121. The van der Waals surface area contributed by atoms with E-state index in [2.05, 4.69) is 17.2 Å². The Hall–Kier alpha value is -1.98. The normalized spacial score (nSPS) is 9.44. The summed E-state index contributed by atoms with van der Waals surface area (Å²) in [6.45, 7) is 0.454. The number of halogens is 2. The van der Waals surface area contributed by atoms with Crippen molar-refractivity contribution in [2.75, 3.05) is 11.9 Å². The molecule has 3 heteroatoms. The first-order valence-electron chi connectivity index (χ1n) is 5.48. The van der Waals surface area contributed by atoms with Gasteiger partial charge in [-0.25, -0.2) is 4.39 Å². The van der Waals surface area contributed by atoms with Gasteiger partial charge < -0.3 is 5.32 Å². The molecule has 0 aliphatic heterocycles. The zero-order valence-corrected chi connectivity index (χ0v) is 10.3. The van der Waals surface area contributed by atoms with Crippen LogP contribution in [0.5, 0.6) is 0 Å². The largest absolute Gasteiger partial charge is 0.374 e. The Labute approximate surface area is 111 Å². The summed E-state index contributed by atoms with van der Waals surface area (Å²) in [7, 11) is 0. The fourth-order valence-electron chi connectivity index (χ4n) is 1.42. The van der Waals surface area contributed by atoms with Crippen molar-refractivity contribution >= 4 is 17.3 Å². The van der Waals surface area contributed by atoms with Crippen LogP contribution in [0.1, 0.15) is 5.56 Å². The summed E-state index contributed by atoms with van der Waals surface area (Å²) in [6, 6.07) is 14.3. The lowest BCUT2D eigenvalue weighted by Crippen LogP contribution is -1.98. The molecule has 90 valence electrons. The molecule has 0 radical (unpaired) electrons. The lowest BCUT2D eigenvalue weighted by Gasteiger charge is -2.02. The molecule has 0 saturated heterocycles. The van der Waals surface area contributed by atoms with Crippen LogP contribution in [0.4, 0.5) is 10.1 Å². The average molecular weight is 260 g/mol. The van der Waals surface area contributed by atoms with Crippen LogP contribution in [0, 0.1) is 17.7 Å². The quantitative estimate of drug-likeness (QED) is 0.806. The third-order valence-electron chi connectivity index (χ3n) is 2.31. The molecule has 1 N–H and O–H groups in total. The summed E-state index contributed by atoms with van der Waals surface area (Å²) in [5.74, 6) is 5.54. The molecule has 0 aliphatic carbocycles. The van der Waals surface area contributed by atoms with E-state index in [4.69, 9.17) is 11.6 Å². The molecule has 0 aliphatic rings. The van der Waals surface area contributed by atoms with Gasteiger partial charge in [-0.3, -0.25) is 0 Å². The number of anilines is 1. The van der Waals surface area contributed by atoms with Gasteiger partial charge in [0, 0.05) is 11.3 Å². The molecule has 0 heterocycles. The maximum Gasteiger partial charge on any atom is 0.143 e. The smallest absolute Gasteiger partial charge is 0.143 e. The molecule has 0 spiro atoms. The number of rotatable bonds is 2. The maximum atomic E-state index is 13.1. The number of benzene rings is 2. The molecule has 0 bridgehead atoms. The molecular weight excluding hydrogens is 249 g/mol. The molecule has 0 amide bonds. The van der Waals surface area contributed by atoms with Gasteiger partial charge in [-0.2, -0.15) is 0 Å². The van der Waals surface area contributed by atoms with Crippen LogP contribution in [0.3, 0.4) is 0 Å². The SMILES string of the molecule is Fc1cc(NCC#Cc2ccccc2)ccc1Cl. The summed E-state index contributed by atoms with van der Waals surface area (Å²) in [5.41, 5.74) is 1.63. The van der Waals surface area contributed by atoms with Crippen LogP contribution in [0.25, 0.3) is 0 Å². The first-order chi connectivity index (χ1) is 8.75. The fourth-order valence-corrected chi connectivity index (χ4v) is 1.54. The van der Waals surface area contributed by atoms with E-state index in [-0.39, 0.29) is 5.02 Å². The van der Waals surface area contributed by atoms with Gasteiger partial charge in [-0.15, -0.1) is 0 Å². The van der Waals surface area contributed by atoms with Crippen molar-refractivity contribution in [2.45, 2.75) is 0 Å². The van der Waals surface area contributed by atoms with Crippen LogP contribution in [-0.2, 0) is 0 Å². The average Bonchev–Trinajstić information content (AvgIpc) is 2.40. The van der Waals surface area contributed by atoms with Crippen molar-refractivity contribution in [3.63, 3.8) is 0 Å². The summed E-state index contributed by atoms with van der Waals surface area (Å²) in [4.78, 5) is 0. The van der Waals surface area contributed by atoms with Crippen molar-refractivity contribution in [2.24, 2.45) is 0 Å². The Balaban J connectivity index is 1.93. The monoisotopic (exact) mass is 259 g/mol. The number of nitrogens with one attached hydrogen (secondary N) is 1. The van der Waals surface area contributed by atoms with Crippen LogP contribution in [0.15, 0.2) is 48.5 Å². The topological polar surface area (TPSA) is 12.0 Å². The minimum atomic E-state index is -0.433. The summed E-state index contributed by atoms with van der Waals surface area (Å²) in [5, 5.41) is 3.13. The first kappa shape index (κ1) is 12.5. The zero-order valence-electron chi connectivity index (χ0n) is 9.58. The molecule has 18 heavy (non-hydrogen) atoms. The lowest BCUT2D eigenvalue weighted by atomic mass is 10.2. The van der Waals surface area contributed by atoms with Crippen molar-refractivity contribution in [1.29, 1.82) is 0 Å². The van der Waals surface area contributed by atoms with E-state index in [0.717, 1.165) is 5.56 Å². The Morgan fingerprint density at radius 1 is 1.11 bits per heavy atom. The van der Waals surface area contributed by atoms with Gasteiger partial charge >= 0.3 is 0 Å². The van der Waals surface area contributed by atoms with Gasteiger partial charge in [0.15, 0.2) is 0 Å². The van der Waals surface area contributed by atoms with E-state index in [0.29, 0.717) is 12.2 Å². The Morgan fingerprint density at radius 2 is 1.89 bits per heavy atom. The standard InChI is InChI=1S/C15H11ClFN/c16-14-9-8-13(11-15(14)17)18-10-4-7-12-5-2-1-3-6-12/h1-3,5-6,8-9,11,18H,10H2. The van der Waals surface area contributed by atoms with Gasteiger partial charge in [-0.1, -0.05) is 41.6 Å². The second-order valence-corrected chi connectivity index (χ2v) is 4.06. The van der Waals surface area contributed by atoms with Crippen molar-refractivity contribution in [3.05, 3.63) is 64.9 Å². The van der Waals surface area contributed by atoms with E-state index in [1.807, 2.05) is 30.3 Å². The molecule has 2 aromatic rings. The third kappa shape index (κ3) is 3.51. The highest BCUT2D eigenvalue weighted by Gasteiger charge is 1.99. The van der Waals surface area contributed by atoms with Crippen LogP contribution in [-0.4, -0.2) is 6.54 Å². The summed E-state index contributed by atoms with van der Waals surface area (Å²) >= 11 is 5.59. The molecule has 1 nitrogen and oxygen atoms in total. The third-order valence-corrected chi connectivity index (χ3v) is 2.61. The summed E-state index contributed by atoms with van der Waals surface area (Å²) < 4.78 is 13.1. The molecular formula is C15H11ClFN. The number of hydrogen-bond donors (Lipinski definition) is 1. The minimum Gasteiger partial charge on any atom is -0.374 e.